The summed E-state index contributed by atoms with van der Waals surface area (Å²) in [5, 5.41) is 2.00. The van der Waals surface area contributed by atoms with Crippen molar-refractivity contribution >= 4 is 18.2 Å². The van der Waals surface area contributed by atoms with Crippen molar-refractivity contribution in [3.63, 3.8) is 0 Å². The van der Waals surface area contributed by atoms with E-state index in [-0.39, 0.29) is 12.3 Å². The van der Waals surface area contributed by atoms with E-state index in [2.05, 4.69) is 32.7 Å². The maximum atomic E-state index is 10.3. The molecule has 1 aliphatic rings. The monoisotopic (exact) mass is 184 g/mol. The number of nitrogens with one attached hydrogen (secondary N) is 1. The number of rotatable bonds is 0. The van der Waals surface area contributed by atoms with Crippen molar-refractivity contribution in [3.05, 3.63) is 0 Å². The van der Waals surface area contributed by atoms with Crippen LogP contribution in [0.2, 0.25) is 0 Å². The highest BCUT2D eigenvalue weighted by molar-refractivity contribution is 6.07. The molecule has 4 nitrogen and oxygen atoms in total. The van der Waals surface area contributed by atoms with Crippen molar-refractivity contribution in [2.45, 2.75) is 34.1 Å². The zero-order chi connectivity index (χ0) is 10.5. The second-order valence-electron chi connectivity index (χ2n) is 4.37. The van der Waals surface area contributed by atoms with Crippen LogP contribution in [0.4, 0.5) is 4.79 Å². The van der Waals surface area contributed by atoms with Gasteiger partial charge >= 0.3 is 6.03 Å². The lowest BCUT2D eigenvalue weighted by Gasteiger charge is -2.05. The highest BCUT2D eigenvalue weighted by Crippen LogP contribution is 2.08. The Morgan fingerprint density at radius 3 is 2.00 bits per heavy atom. The van der Waals surface area contributed by atoms with E-state index in [1.807, 2.05) is 5.32 Å². The van der Waals surface area contributed by atoms with Crippen LogP contribution in [0, 0.1) is 5.41 Å². The lowest BCUT2D eigenvalue weighted by atomic mass is 10.0. The summed E-state index contributed by atoms with van der Waals surface area (Å²) < 4.78 is 0. The zero-order valence-electron chi connectivity index (χ0n) is 8.55. The van der Waals surface area contributed by atoms with Crippen molar-refractivity contribution in [3.8, 4) is 0 Å². The molecule has 1 heterocycles. The van der Waals surface area contributed by atoms with E-state index < -0.39 is 6.03 Å². The van der Waals surface area contributed by atoms with Gasteiger partial charge in [-0.05, 0) is 5.41 Å². The van der Waals surface area contributed by atoms with Crippen molar-refractivity contribution in [2.24, 2.45) is 10.4 Å². The molecule has 0 saturated heterocycles. The molecule has 4 heteroatoms. The second-order valence-corrected chi connectivity index (χ2v) is 4.37. The summed E-state index contributed by atoms with van der Waals surface area (Å²) in [7, 11) is 0. The van der Waals surface area contributed by atoms with Gasteiger partial charge in [0.2, 0.25) is 5.91 Å². The van der Waals surface area contributed by atoms with Gasteiger partial charge in [-0.25, -0.2) is 9.79 Å². The molecule has 13 heavy (non-hydrogen) atoms. The summed E-state index contributed by atoms with van der Waals surface area (Å²) in [5.41, 5.74) is 0.500. The number of carbonyl (C=O) groups excluding carboxylic acids is 2. The summed E-state index contributed by atoms with van der Waals surface area (Å²) in [6.07, 6.45) is 1.51. The molecule has 0 aromatic heterocycles. The van der Waals surface area contributed by atoms with Crippen LogP contribution in [0.3, 0.4) is 0 Å². The first kappa shape index (κ1) is 11.8. The van der Waals surface area contributed by atoms with Crippen molar-refractivity contribution in [1.29, 1.82) is 0 Å². The van der Waals surface area contributed by atoms with Crippen LogP contribution in [-0.2, 0) is 4.79 Å². The average Bonchev–Trinajstić information content (AvgIpc) is 1.81. The molecule has 0 fully saturated rings. The van der Waals surface area contributed by atoms with Gasteiger partial charge in [0.25, 0.3) is 0 Å². The first-order valence-corrected chi connectivity index (χ1v) is 4.15. The third kappa shape index (κ3) is 10.8. The number of amides is 3. The van der Waals surface area contributed by atoms with Gasteiger partial charge in [-0.1, -0.05) is 27.7 Å². The van der Waals surface area contributed by atoms with Gasteiger partial charge in [-0.3, -0.25) is 10.1 Å². The number of imide groups is 1. The first-order valence-electron chi connectivity index (χ1n) is 4.15. The fraction of sp³-hybridized carbons (Fsp3) is 0.667. The van der Waals surface area contributed by atoms with Crippen LogP contribution in [0.15, 0.2) is 4.99 Å². The molecule has 0 unspecified atom stereocenters. The normalized spacial score (nSPS) is 16.0. The molecular weight excluding hydrogens is 168 g/mol. The van der Waals surface area contributed by atoms with Gasteiger partial charge in [0.05, 0.1) is 6.42 Å². The van der Waals surface area contributed by atoms with Crippen molar-refractivity contribution in [2.75, 3.05) is 0 Å². The van der Waals surface area contributed by atoms with Gasteiger partial charge in [-0.2, -0.15) is 0 Å². The van der Waals surface area contributed by atoms with E-state index in [0.29, 0.717) is 5.41 Å². The van der Waals surface area contributed by atoms with Crippen LogP contribution in [0.5, 0.6) is 0 Å². The third-order valence-electron chi connectivity index (χ3n) is 0.732. The molecule has 0 bridgehead atoms. The van der Waals surface area contributed by atoms with Gasteiger partial charge in [0, 0.05) is 6.21 Å². The molecule has 0 spiro atoms. The maximum absolute atomic E-state index is 10.3. The number of aliphatic imine (C=N–C) groups is 1. The molecule has 1 aliphatic heterocycles. The predicted octanol–water partition coefficient (Wildman–Crippen LogP) is 1.75. The number of urea groups is 1. The Kier molecular flexibility index (Phi) is 4.31. The quantitative estimate of drug-likeness (QED) is 0.623. The summed E-state index contributed by atoms with van der Waals surface area (Å²) in [6, 6.07) is -0.568. The molecule has 1 N–H and O–H groups in total. The van der Waals surface area contributed by atoms with E-state index in [1.165, 1.54) is 6.21 Å². The minimum atomic E-state index is -0.568. The second kappa shape index (κ2) is 4.74. The highest BCUT2D eigenvalue weighted by Gasteiger charge is 2.08. The Morgan fingerprint density at radius 1 is 1.31 bits per heavy atom. The molecule has 0 aromatic rings. The van der Waals surface area contributed by atoms with Crippen molar-refractivity contribution < 1.29 is 9.59 Å². The van der Waals surface area contributed by atoms with Crippen LogP contribution in [0.1, 0.15) is 34.1 Å². The van der Waals surface area contributed by atoms with Gasteiger partial charge < -0.3 is 0 Å². The number of hydrogen-bond donors (Lipinski definition) is 1. The van der Waals surface area contributed by atoms with Gasteiger partial charge in [-0.15, -0.1) is 0 Å². The van der Waals surface area contributed by atoms with Crippen molar-refractivity contribution in [1.82, 2.24) is 5.32 Å². The number of carbonyl (C=O) groups is 2. The van der Waals surface area contributed by atoms with E-state index in [1.54, 1.807) is 0 Å². The highest BCUT2D eigenvalue weighted by atomic mass is 16.2. The average molecular weight is 184 g/mol. The molecule has 0 aliphatic carbocycles. The standard InChI is InChI=1S/C5H12.C4H4N2O2/c1-5(2,3)4;7-3-1-2-5-4(8)6-3/h1-4H3;2H,1H2,(H,6,7,8). The Bertz CT molecular complexity index is 220. The topological polar surface area (TPSA) is 58.5 Å². The lowest BCUT2D eigenvalue weighted by Crippen LogP contribution is -2.31. The summed E-state index contributed by atoms with van der Waals surface area (Å²) in [4.78, 5) is 23.7. The Labute approximate surface area is 78.4 Å². The predicted molar refractivity (Wildman–Crippen MR) is 51.8 cm³/mol. The number of nitrogens with zero attached hydrogens (tertiary/aromatic N) is 1. The molecule has 0 atom stereocenters. The van der Waals surface area contributed by atoms with Gasteiger partial charge in [0.1, 0.15) is 0 Å². The largest absolute Gasteiger partial charge is 0.347 e. The molecule has 74 valence electrons. The van der Waals surface area contributed by atoms with Gasteiger partial charge in [0.15, 0.2) is 0 Å². The summed E-state index contributed by atoms with van der Waals surface area (Å²) in [5.74, 6) is -0.287. The Hall–Kier alpha value is -1.19. The number of hydrogen-bond acceptors (Lipinski definition) is 2. The molecule has 1 rings (SSSR count). The van der Waals surface area contributed by atoms with E-state index in [0.717, 1.165) is 0 Å². The molecule has 0 aromatic carbocycles. The van der Waals surface area contributed by atoms with Crippen LogP contribution < -0.4 is 5.32 Å². The lowest BCUT2D eigenvalue weighted by molar-refractivity contribution is -0.118. The van der Waals surface area contributed by atoms with Crippen LogP contribution in [-0.4, -0.2) is 18.2 Å². The van der Waals surface area contributed by atoms with E-state index in [9.17, 15) is 9.59 Å². The Morgan fingerprint density at radius 2 is 1.77 bits per heavy atom. The molecule has 0 saturated carbocycles. The minimum absolute atomic E-state index is 0.214. The summed E-state index contributed by atoms with van der Waals surface area (Å²) >= 11 is 0. The fourth-order valence-electron chi connectivity index (χ4n) is 0.414. The SMILES string of the molecule is CC(C)(C)C.O=C1CC=NC(=O)N1. The maximum Gasteiger partial charge on any atom is 0.347 e. The fourth-order valence-corrected chi connectivity index (χ4v) is 0.414. The summed E-state index contributed by atoms with van der Waals surface area (Å²) in [6.45, 7) is 8.75. The first-order chi connectivity index (χ1) is 5.79. The molecule has 0 radical (unpaired) electrons. The zero-order valence-corrected chi connectivity index (χ0v) is 8.55. The molecule has 3 amide bonds. The smallest absolute Gasteiger partial charge is 0.276 e. The van der Waals surface area contributed by atoms with Crippen LogP contribution in [0.25, 0.3) is 0 Å². The van der Waals surface area contributed by atoms with E-state index >= 15 is 0 Å². The molecular formula is C9H16N2O2. The van der Waals surface area contributed by atoms with Crippen LogP contribution >= 0.6 is 0 Å². The van der Waals surface area contributed by atoms with E-state index in [4.69, 9.17) is 0 Å². The Balaban J connectivity index is 0.000000252. The third-order valence-corrected chi connectivity index (χ3v) is 0.732. The minimum Gasteiger partial charge on any atom is -0.276 e.